The predicted molar refractivity (Wildman–Crippen MR) is 91.5 cm³/mol. The van der Waals surface area contributed by atoms with E-state index >= 15 is 0 Å². The van der Waals surface area contributed by atoms with Crippen LogP contribution in [0.5, 0.6) is 0 Å². The Balaban J connectivity index is 1.76. The van der Waals surface area contributed by atoms with Gasteiger partial charge in [-0.1, -0.05) is 23.7 Å². The number of anilines is 1. The van der Waals surface area contributed by atoms with Crippen molar-refractivity contribution < 1.29 is 5.11 Å². The summed E-state index contributed by atoms with van der Waals surface area (Å²) in [7, 11) is 0. The molecule has 0 spiro atoms. The molecule has 1 atom stereocenters. The first-order valence-corrected chi connectivity index (χ1v) is 8.45. The Morgan fingerprint density at radius 3 is 3.09 bits per heavy atom. The summed E-state index contributed by atoms with van der Waals surface area (Å²) >= 11 is 6.06. The molecule has 0 amide bonds. The lowest BCUT2D eigenvalue weighted by Crippen LogP contribution is -2.36. The van der Waals surface area contributed by atoms with Crippen LogP contribution in [-0.2, 0) is 0 Å². The third kappa shape index (κ3) is 4.18. The molecule has 122 valence electrons. The van der Waals surface area contributed by atoms with Crippen LogP contribution in [0.3, 0.4) is 0 Å². The molecule has 2 heterocycles. The fourth-order valence-electron chi connectivity index (χ4n) is 3.08. The second-order valence-corrected chi connectivity index (χ2v) is 6.41. The quantitative estimate of drug-likeness (QED) is 0.911. The first-order valence-electron chi connectivity index (χ1n) is 8.08. The number of benzene rings is 1. The second-order valence-electron chi connectivity index (χ2n) is 5.97. The van der Waals surface area contributed by atoms with Gasteiger partial charge in [0, 0.05) is 30.3 Å². The zero-order valence-electron chi connectivity index (χ0n) is 13.0. The molecule has 6 heteroatoms. The second kappa shape index (κ2) is 7.70. The summed E-state index contributed by atoms with van der Waals surface area (Å²) in [5.74, 6) is 1.27. The van der Waals surface area contributed by atoms with Crippen LogP contribution in [0.2, 0.25) is 5.02 Å². The lowest BCUT2D eigenvalue weighted by molar-refractivity contribution is 0.263. The number of halogens is 1. The summed E-state index contributed by atoms with van der Waals surface area (Å²) in [6.07, 6.45) is 5.91. The molecule has 0 bridgehead atoms. The van der Waals surface area contributed by atoms with Crippen LogP contribution in [0.1, 0.15) is 25.7 Å². The zero-order valence-corrected chi connectivity index (χ0v) is 13.8. The maximum atomic E-state index is 9.01. The molecule has 1 N–H and O–H groups in total. The van der Waals surface area contributed by atoms with Crippen LogP contribution in [0.4, 0.5) is 5.95 Å². The van der Waals surface area contributed by atoms with Crippen molar-refractivity contribution in [3.05, 3.63) is 35.5 Å². The lowest BCUT2D eigenvalue weighted by Gasteiger charge is -2.32. The highest BCUT2D eigenvalue weighted by atomic mass is 35.5. The highest BCUT2D eigenvalue weighted by molar-refractivity contribution is 6.30. The molecule has 1 unspecified atom stereocenters. The first-order chi connectivity index (χ1) is 11.3. The summed E-state index contributed by atoms with van der Waals surface area (Å²) in [6, 6.07) is 7.61. The normalized spacial score (nSPS) is 18.2. The Labute approximate surface area is 141 Å². The van der Waals surface area contributed by atoms with E-state index in [4.69, 9.17) is 16.7 Å². The average molecular weight is 333 g/mol. The minimum Gasteiger partial charge on any atom is -0.396 e. The molecule has 1 aromatic carbocycles. The maximum Gasteiger partial charge on any atom is 0.245 e. The summed E-state index contributed by atoms with van der Waals surface area (Å²) in [6.45, 7) is 2.15. The van der Waals surface area contributed by atoms with E-state index in [2.05, 4.69) is 20.1 Å². The fraction of sp³-hybridized carbons (Fsp3) is 0.471. The molecule has 0 radical (unpaired) electrons. The molecular formula is C17H21ClN4O. The Kier molecular flexibility index (Phi) is 5.41. The monoisotopic (exact) mass is 332 g/mol. The zero-order chi connectivity index (χ0) is 16.1. The highest BCUT2D eigenvalue weighted by Gasteiger charge is 2.22. The van der Waals surface area contributed by atoms with E-state index < -0.39 is 0 Å². The Morgan fingerprint density at radius 1 is 1.35 bits per heavy atom. The molecule has 5 nitrogen and oxygen atoms in total. The van der Waals surface area contributed by atoms with Crippen molar-refractivity contribution in [3.8, 4) is 11.3 Å². The number of rotatable bonds is 5. The van der Waals surface area contributed by atoms with Crippen molar-refractivity contribution in [1.29, 1.82) is 0 Å². The standard InChI is InChI=1S/C17H21ClN4O/c18-15-7-1-6-14(10-15)16-11-19-21-17(20-16)22-8-2-4-13(12-22)5-3-9-23/h1,6-7,10-11,13,23H,2-5,8-9,12H2. The lowest BCUT2D eigenvalue weighted by atomic mass is 9.94. The molecule has 2 aromatic rings. The SMILES string of the molecule is OCCCC1CCCN(c2nncc(-c3cccc(Cl)c3)n2)C1. The van der Waals surface area contributed by atoms with Crippen LogP contribution in [-0.4, -0.2) is 40.0 Å². The van der Waals surface area contributed by atoms with E-state index in [1.165, 1.54) is 6.42 Å². The van der Waals surface area contributed by atoms with Gasteiger partial charge in [0.25, 0.3) is 0 Å². The molecule has 1 saturated heterocycles. The Morgan fingerprint density at radius 2 is 2.26 bits per heavy atom. The molecule has 3 rings (SSSR count). The first kappa shape index (κ1) is 16.1. The van der Waals surface area contributed by atoms with Gasteiger partial charge in [-0.2, -0.15) is 5.10 Å². The number of aromatic nitrogens is 3. The van der Waals surface area contributed by atoms with Crippen LogP contribution < -0.4 is 4.90 Å². The topological polar surface area (TPSA) is 62.1 Å². The summed E-state index contributed by atoms with van der Waals surface area (Å²) in [5, 5.41) is 18.0. The molecule has 1 aliphatic rings. The maximum absolute atomic E-state index is 9.01. The minimum absolute atomic E-state index is 0.263. The van der Waals surface area contributed by atoms with E-state index in [-0.39, 0.29) is 6.61 Å². The predicted octanol–water partition coefficient (Wildman–Crippen LogP) is 3.18. The van der Waals surface area contributed by atoms with Gasteiger partial charge in [0.2, 0.25) is 5.95 Å². The van der Waals surface area contributed by atoms with Gasteiger partial charge in [-0.05, 0) is 43.7 Å². The molecular weight excluding hydrogens is 312 g/mol. The largest absolute Gasteiger partial charge is 0.396 e. The number of piperidine rings is 1. The van der Waals surface area contributed by atoms with E-state index in [1.54, 1.807) is 6.20 Å². The number of aliphatic hydroxyl groups is 1. The van der Waals surface area contributed by atoms with Crippen molar-refractivity contribution in [2.45, 2.75) is 25.7 Å². The van der Waals surface area contributed by atoms with Gasteiger partial charge in [-0.3, -0.25) is 0 Å². The molecule has 1 aromatic heterocycles. The van der Waals surface area contributed by atoms with Crippen molar-refractivity contribution >= 4 is 17.5 Å². The Hall–Kier alpha value is -1.72. The number of hydrogen-bond donors (Lipinski definition) is 1. The average Bonchev–Trinajstić information content (AvgIpc) is 2.60. The number of hydrogen-bond acceptors (Lipinski definition) is 5. The third-order valence-corrected chi connectivity index (χ3v) is 4.48. The van der Waals surface area contributed by atoms with Gasteiger partial charge in [0.05, 0.1) is 11.9 Å². The van der Waals surface area contributed by atoms with E-state index in [0.717, 1.165) is 43.6 Å². The van der Waals surface area contributed by atoms with Gasteiger partial charge in [-0.25, -0.2) is 4.98 Å². The van der Waals surface area contributed by atoms with Gasteiger partial charge in [0.1, 0.15) is 0 Å². The fourth-order valence-corrected chi connectivity index (χ4v) is 3.27. The Bertz CT molecular complexity index is 652. The van der Waals surface area contributed by atoms with Crippen molar-refractivity contribution in [2.24, 2.45) is 5.92 Å². The molecule has 23 heavy (non-hydrogen) atoms. The van der Waals surface area contributed by atoms with Crippen LogP contribution in [0.25, 0.3) is 11.3 Å². The van der Waals surface area contributed by atoms with Crippen LogP contribution >= 0.6 is 11.6 Å². The van der Waals surface area contributed by atoms with Crippen molar-refractivity contribution in [1.82, 2.24) is 15.2 Å². The molecule has 0 aliphatic carbocycles. The van der Waals surface area contributed by atoms with Gasteiger partial charge < -0.3 is 10.0 Å². The van der Waals surface area contributed by atoms with Gasteiger partial charge in [0.15, 0.2) is 0 Å². The summed E-state index contributed by atoms with van der Waals surface area (Å²) < 4.78 is 0. The molecule has 1 fully saturated rings. The summed E-state index contributed by atoms with van der Waals surface area (Å²) in [5.41, 5.74) is 1.73. The summed E-state index contributed by atoms with van der Waals surface area (Å²) in [4.78, 5) is 6.87. The number of aliphatic hydroxyl groups excluding tert-OH is 1. The number of nitrogens with zero attached hydrogens (tertiary/aromatic N) is 4. The highest BCUT2D eigenvalue weighted by Crippen LogP contribution is 2.25. The van der Waals surface area contributed by atoms with Crippen LogP contribution in [0.15, 0.2) is 30.5 Å². The van der Waals surface area contributed by atoms with Crippen molar-refractivity contribution in [2.75, 3.05) is 24.6 Å². The molecule has 1 aliphatic heterocycles. The third-order valence-electron chi connectivity index (χ3n) is 4.24. The smallest absolute Gasteiger partial charge is 0.245 e. The van der Waals surface area contributed by atoms with E-state index in [0.29, 0.717) is 16.9 Å². The van der Waals surface area contributed by atoms with Gasteiger partial charge >= 0.3 is 0 Å². The molecule has 0 saturated carbocycles. The van der Waals surface area contributed by atoms with E-state index in [9.17, 15) is 0 Å². The van der Waals surface area contributed by atoms with Gasteiger partial charge in [-0.15, -0.1) is 5.10 Å². The van der Waals surface area contributed by atoms with E-state index in [1.807, 2.05) is 24.3 Å². The minimum atomic E-state index is 0.263. The van der Waals surface area contributed by atoms with Crippen molar-refractivity contribution in [3.63, 3.8) is 0 Å². The van der Waals surface area contributed by atoms with Crippen LogP contribution in [0, 0.1) is 5.92 Å².